The summed E-state index contributed by atoms with van der Waals surface area (Å²) in [5.41, 5.74) is 3.15. The summed E-state index contributed by atoms with van der Waals surface area (Å²) in [7, 11) is 0. The number of nitrogens with zero attached hydrogens (tertiary/aromatic N) is 3. The van der Waals surface area contributed by atoms with Crippen LogP contribution in [0.2, 0.25) is 0 Å². The van der Waals surface area contributed by atoms with Crippen molar-refractivity contribution in [1.82, 2.24) is 14.3 Å². The largest absolute Gasteiger partial charge is 0.477 e. The minimum absolute atomic E-state index is 0.0399. The van der Waals surface area contributed by atoms with Crippen LogP contribution < -0.4 is 0 Å². The van der Waals surface area contributed by atoms with Crippen LogP contribution in [0, 0.1) is 0 Å². The maximum absolute atomic E-state index is 12.3. The molecule has 0 saturated carbocycles. The maximum atomic E-state index is 12.3. The fourth-order valence-electron chi connectivity index (χ4n) is 3.23. The highest BCUT2D eigenvalue weighted by atomic mass is 32.2. The first kappa shape index (κ1) is 14.3. The minimum atomic E-state index is -1.08. The molecule has 1 unspecified atom stereocenters. The van der Waals surface area contributed by atoms with E-state index >= 15 is 0 Å². The summed E-state index contributed by atoms with van der Waals surface area (Å²) in [5.74, 6) is -1.35. The number of pyridine rings is 1. The smallest absolute Gasteiger partial charge is 0.353 e. The van der Waals surface area contributed by atoms with Gasteiger partial charge in [0, 0.05) is 11.6 Å². The van der Waals surface area contributed by atoms with Crippen LogP contribution in [-0.4, -0.2) is 36.6 Å². The van der Waals surface area contributed by atoms with Gasteiger partial charge in [-0.15, -0.1) is 11.8 Å². The predicted octanol–water partition coefficient (Wildman–Crippen LogP) is 2.71. The Morgan fingerprint density at radius 3 is 2.92 bits per heavy atom. The number of aliphatic carboxylic acids is 1. The maximum Gasteiger partial charge on any atom is 0.353 e. The summed E-state index contributed by atoms with van der Waals surface area (Å²) in [6.07, 6.45) is 3.64. The van der Waals surface area contributed by atoms with Crippen molar-refractivity contribution in [3.05, 3.63) is 65.0 Å². The molecule has 1 fully saturated rings. The number of carboxylic acid groups (broad SMARTS) is 1. The van der Waals surface area contributed by atoms with Gasteiger partial charge in [-0.1, -0.05) is 18.2 Å². The number of β-lactam (4-membered cyclic amide) rings is 1. The summed E-state index contributed by atoms with van der Waals surface area (Å²) in [6, 6.07) is 12.0. The number of carbonyl (C=O) groups is 2. The molecule has 2 aliphatic rings. The number of para-hydroxylation sites is 1. The molecule has 0 radical (unpaired) electrons. The zero-order valence-electron chi connectivity index (χ0n) is 12.8. The molecular weight excluding hydrogens is 338 g/mol. The molecule has 0 aliphatic carbocycles. The van der Waals surface area contributed by atoms with Gasteiger partial charge >= 0.3 is 5.97 Å². The minimum Gasteiger partial charge on any atom is -0.477 e. The number of amides is 1. The molecule has 2 aliphatic heterocycles. The van der Waals surface area contributed by atoms with E-state index in [-0.39, 0.29) is 17.0 Å². The van der Waals surface area contributed by atoms with Crippen LogP contribution in [-0.2, 0) is 9.59 Å². The average molecular weight is 349 g/mol. The van der Waals surface area contributed by atoms with Crippen molar-refractivity contribution in [1.29, 1.82) is 0 Å². The van der Waals surface area contributed by atoms with E-state index in [2.05, 4.69) is 4.98 Å². The third-order valence-corrected chi connectivity index (χ3v) is 5.50. The second-order valence-corrected chi connectivity index (χ2v) is 6.81. The number of thioether (sulfide) groups is 1. The molecule has 7 heteroatoms. The van der Waals surface area contributed by atoms with Crippen LogP contribution in [0.25, 0.3) is 22.6 Å². The van der Waals surface area contributed by atoms with E-state index in [0.717, 1.165) is 16.6 Å². The Hall–Kier alpha value is -3.06. The monoisotopic (exact) mass is 349 g/mol. The molecule has 0 bridgehead atoms. The van der Waals surface area contributed by atoms with Gasteiger partial charge in [0.1, 0.15) is 16.7 Å². The Morgan fingerprint density at radius 1 is 1.24 bits per heavy atom. The van der Waals surface area contributed by atoms with E-state index < -0.39 is 5.97 Å². The molecule has 1 atom stereocenters. The average Bonchev–Trinajstić information content (AvgIpc) is 3.21. The number of carbonyl (C=O) groups excluding carboxylic acids is 1. The fourth-order valence-corrected chi connectivity index (χ4v) is 4.35. The van der Waals surface area contributed by atoms with E-state index in [4.69, 9.17) is 5.11 Å². The number of imidazole rings is 1. The lowest BCUT2D eigenvalue weighted by Gasteiger charge is -2.36. The van der Waals surface area contributed by atoms with Crippen molar-refractivity contribution >= 4 is 46.3 Å². The van der Waals surface area contributed by atoms with Gasteiger partial charge in [0.05, 0.1) is 16.8 Å². The van der Waals surface area contributed by atoms with Crippen LogP contribution in [0.4, 0.5) is 0 Å². The van der Waals surface area contributed by atoms with E-state index in [1.165, 1.54) is 22.1 Å². The van der Waals surface area contributed by atoms with Crippen molar-refractivity contribution in [2.45, 2.75) is 5.37 Å². The van der Waals surface area contributed by atoms with Crippen LogP contribution in [0.3, 0.4) is 0 Å². The zero-order valence-corrected chi connectivity index (χ0v) is 13.6. The number of carboxylic acids is 1. The topological polar surface area (TPSA) is 74.9 Å². The van der Waals surface area contributed by atoms with E-state index in [1.807, 2.05) is 47.0 Å². The quantitative estimate of drug-likeness (QED) is 0.569. The Morgan fingerprint density at radius 2 is 2.08 bits per heavy atom. The number of rotatable bonds is 2. The molecule has 25 heavy (non-hydrogen) atoms. The number of hydrogen-bond donors (Lipinski definition) is 1. The van der Waals surface area contributed by atoms with Gasteiger partial charge in [-0.25, -0.2) is 9.78 Å². The second-order valence-electron chi connectivity index (χ2n) is 5.86. The summed E-state index contributed by atoms with van der Waals surface area (Å²) < 4.78 is 1.99. The van der Waals surface area contributed by atoms with E-state index in [1.54, 1.807) is 6.08 Å². The Labute approximate surface area is 146 Å². The van der Waals surface area contributed by atoms with E-state index in [9.17, 15) is 9.59 Å². The lowest BCUT2D eigenvalue weighted by molar-refractivity contribution is -0.141. The molecule has 1 amide bonds. The van der Waals surface area contributed by atoms with Crippen molar-refractivity contribution in [3.8, 4) is 0 Å². The van der Waals surface area contributed by atoms with Crippen LogP contribution in [0.1, 0.15) is 5.69 Å². The molecule has 3 aromatic rings. The molecule has 6 nitrogen and oxygen atoms in total. The lowest BCUT2D eigenvalue weighted by atomic mass is 10.0. The summed E-state index contributed by atoms with van der Waals surface area (Å²) >= 11 is 1.33. The van der Waals surface area contributed by atoms with Crippen LogP contribution >= 0.6 is 11.8 Å². The van der Waals surface area contributed by atoms with Gasteiger partial charge in [0.25, 0.3) is 5.91 Å². The second kappa shape index (κ2) is 4.97. The van der Waals surface area contributed by atoms with Crippen molar-refractivity contribution < 1.29 is 14.7 Å². The first-order chi connectivity index (χ1) is 12.1. The van der Waals surface area contributed by atoms with E-state index in [0.29, 0.717) is 11.3 Å². The Bertz CT molecular complexity index is 1140. The first-order valence-corrected chi connectivity index (χ1v) is 8.59. The van der Waals surface area contributed by atoms with Gasteiger partial charge in [0.2, 0.25) is 0 Å². The predicted molar refractivity (Wildman–Crippen MR) is 94.6 cm³/mol. The Kier molecular flexibility index (Phi) is 2.84. The molecule has 5 rings (SSSR count). The third-order valence-electron chi connectivity index (χ3n) is 4.42. The number of aromatic nitrogens is 2. The zero-order chi connectivity index (χ0) is 17.1. The first-order valence-electron chi connectivity index (χ1n) is 7.64. The molecule has 0 spiro atoms. The van der Waals surface area contributed by atoms with Gasteiger partial charge in [-0.05, 0) is 29.7 Å². The standard InChI is InChI=1S/C18H11N3O3S/c22-16-12(17-21(16)14(9-25-17)18(23)24)7-11-8-20-13-4-2-1-3-10(13)5-6-15(20)19-11/h1-9,17H,(H,23,24). The van der Waals surface area contributed by atoms with Gasteiger partial charge < -0.3 is 5.11 Å². The third kappa shape index (κ3) is 1.96. The molecule has 1 saturated heterocycles. The SMILES string of the molecule is O=C(O)C1=CSC2C(=Cc3cn4c(ccc5ccccc54)n3)C(=O)N12. The molecule has 2 aromatic heterocycles. The number of benzene rings is 1. The summed E-state index contributed by atoms with van der Waals surface area (Å²) in [6.45, 7) is 0. The highest BCUT2D eigenvalue weighted by Gasteiger charge is 2.49. The van der Waals surface area contributed by atoms with Crippen LogP contribution in [0.15, 0.2) is 59.3 Å². The van der Waals surface area contributed by atoms with Gasteiger partial charge in [-0.2, -0.15) is 0 Å². The van der Waals surface area contributed by atoms with Crippen molar-refractivity contribution in [3.63, 3.8) is 0 Å². The normalized spacial score (nSPS) is 20.9. The Balaban J connectivity index is 1.55. The molecular formula is C18H11N3O3S. The molecule has 4 heterocycles. The molecule has 1 N–H and O–H groups in total. The highest BCUT2D eigenvalue weighted by Crippen LogP contribution is 2.45. The number of fused-ring (bicyclic) bond motifs is 4. The van der Waals surface area contributed by atoms with Crippen molar-refractivity contribution in [2.24, 2.45) is 0 Å². The van der Waals surface area contributed by atoms with Crippen LogP contribution in [0.5, 0.6) is 0 Å². The molecule has 1 aromatic carbocycles. The van der Waals surface area contributed by atoms with Gasteiger partial charge in [-0.3, -0.25) is 14.1 Å². The van der Waals surface area contributed by atoms with Crippen molar-refractivity contribution in [2.75, 3.05) is 0 Å². The highest BCUT2D eigenvalue weighted by molar-refractivity contribution is 8.03. The fraction of sp³-hybridized carbons (Fsp3) is 0.0556. The lowest BCUT2D eigenvalue weighted by Crippen LogP contribution is -2.51. The summed E-state index contributed by atoms with van der Waals surface area (Å²) in [4.78, 5) is 29.3. The summed E-state index contributed by atoms with van der Waals surface area (Å²) in [5, 5.41) is 11.5. The van der Waals surface area contributed by atoms with Gasteiger partial charge in [0.15, 0.2) is 0 Å². The number of hydrogen-bond acceptors (Lipinski definition) is 4. The molecule has 122 valence electrons.